The fourth-order valence-electron chi connectivity index (χ4n) is 3.51. The molecule has 3 amide bonds. The smallest absolute Gasteiger partial charge is 0.316 e. The molecular weight excluding hydrogens is 427 g/mol. The lowest BCUT2D eigenvalue weighted by molar-refractivity contribution is -0.135. The highest BCUT2D eigenvalue weighted by Gasteiger charge is 2.39. The number of primary amides is 1. The number of benzene rings is 2. The van der Waals surface area contributed by atoms with Gasteiger partial charge in [0.2, 0.25) is 0 Å². The molecule has 1 atom stereocenters. The Balaban J connectivity index is 1.57. The molecule has 10 heteroatoms. The number of likely N-dealkylation sites (tertiary alicyclic amines) is 1. The van der Waals surface area contributed by atoms with Crippen LogP contribution in [0.15, 0.2) is 42.5 Å². The summed E-state index contributed by atoms with van der Waals surface area (Å²) in [7, 11) is 0. The second kappa shape index (κ2) is 9.51. The van der Waals surface area contributed by atoms with Crippen LogP contribution >= 0.6 is 11.6 Å². The minimum absolute atomic E-state index is 0.257. The summed E-state index contributed by atoms with van der Waals surface area (Å²) >= 11 is 5.92. The minimum atomic E-state index is -0.974. The van der Waals surface area contributed by atoms with E-state index in [4.69, 9.17) is 27.8 Å². The molecule has 6 N–H and O–H groups in total. The number of urea groups is 1. The Hall–Kier alpha value is -2.88. The van der Waals surface area contributed by atoms with E-state index < -0.39 is 23.5 Å². The number of piperidine rings is 1. The van der Waals surface area contributed by atoms with Crippen LogP contribution < -0.4 is 21.5 Å². The van der Waals surface area contributed by atoms with E-state index in [0.717, 1.165) is 0 Å². The lowest BCUT2D eigenvalue weighted by atomic mass is 9.80. The van der Waals surface area contributed by atoms with Gasteiger partial charge in [0.25, 0.3) is 5.91 Å². The summed E-state index contributed by atoms with van der Waals surface area (Å²) in [4.78, 5) is 25.3. The number of halogens is 2. The van der Waals surface area contributed by atoms with Crippen molar-refractivity contribution in [3.8, 4) is 5.75 Å². The van der Waals surface area contributed by atoms with Crippen LogP contribution in [-0.2, 0) is 4.79 Å². The number of hydrogen-bond donors (Lipinski definition) is 4. The highest BCUT2D eigenvalue weighted by Crippen LogP contribution is 2.33. The van der Waals surface area contributed by atoms with Gasteiger partial charge in [-0.1, -0.05) is 23.7 Å². The highest BCUT2D eigenvalue weighted by molar-refractivity contribution is 6.31. The number of nitrogens with one attached hydrogen (secondary N) is 1. The molecule has 0 radical (unpaired) electrons. The molecule has 1 heterocycles. The Bertz CT molecular complexity index is 949. The number of nitrogens with zero attached hydrogens (tertiary/aromatic N) is 1. The van der Waals surface area contributed by atoms with Gasteiger partial charge in [-0.05, 0) is 48.7 Å². The Morgan fingerprint density at radius 1 is 1.23 bits per heavy atom. The molecule has 1 saturated heterocycles. The number of anilines is 1. The number of ether oxygens (including phenoxy) is 1. The predicted molar refractivity (Wildman–Crippen MR) is 114 cm³/mol. The number of hydrogen-bond acceptors (Lipinski definition) is 5. The molecule has 0 bridgehead atoms. The second-order valence-corrected chi connectivity index (χ2v) is 7.92. The first-order valence-electron chi connectivity index (χ1n) is 9.67. The maximum Gasteiger partial charge on any atom is 0.316 e. The van der Waals surface area contributed by atoms with Gasteiger partial charge in [-0.15, -0.1) is 0 Å². The summed E-state index contributed by atoms with van der Waals surface area (Å²) in [6.45, 7) is 0.418. The van der Waals surface area contributed by atoms with Crippen LogP contribution in [-0.4, -0.2) is 47.2 Å². The number of nitrogens with two attached hydrogens (primary N) is 2. The van der Waals surface area contributed by atoms with Crippen molar-refractivity contribution < 1.29 is 23.8 Å². The third-order valence-electron chi connectivity index (χ3n) is 5.33. The molecule has 1 aliphatic rings. The zero-order valence-corrected chi connectivity index (χ0v) is 17.4. The molecule has 0 aromatic heterocycles. The standard InChI is InChI=1S/C21H24ClFN4O4/c22-14-3-6-17(16(11-14)26-20(24)30)31-12-18(28)27-9-7-21(25,8-10-27)19(29)13-1-4-15(23)5-2-13/h1-6,11,19,29H,7-10,12,25H2,(H3,24,26,30). The molecule has 1 fully saturated rings. The molecule has 166 valence electrons. The summed E-state index contributed by atoms with van der Waals surface area (Å²) < 4.78 is 18.7. The lowest BCUT2D eigenvalue weighted by Gasteiger charge is -2.42. The summed E-state index contributed by atoms with van der Waals surface area (Å²) in [5.41, 5.74) is 11.4. The fraction of sp³-hybridized carbons (Fsp3) is 0.333. The molecule has 0 spiro atoms. The molecule has 1 unspecified atom stereocenters. The number of carbonyl (C=O) groups is 2. The maximum atomic E-state index is 13.1. The molecule has 0 saturated carbocycles. The molecular formula is C21H24ClFN4O4. The van der Waals surface area contributed by atoms with E-state index in [1.807, 2.05) is 0 Å². The summed E-state index contributed by atoms with van der Waals surface area (Å²) in [5, 5.41) is 13.4. The first-order chi connectivity index (χ1) is 14.7. The summed E-state index contributed by atoms with van der Waals surface area (Å²) in [5.74, 6) is -0.399. The van der Waals surface area contributed by atoms with Crippen molar-refractivity contribution >= 4 is 29.2 Å². The fourth-order valence-corrected chi connectivity index (χ4v) is 3.68. The van der Waals surface area contributed by atoms with E-state index in [1.165, 1.54) is 36.4 Å². The van der Waals surface area contributed by atoms with E-state index in [2.05, 4.69) is 5.32 Å². The molecule has 2 aromatic carbocycles. The number of amides is 3. The Labute approximate surface area is 183 Å². The van der Waals surface area contributed by atoms with Crippen LogP contribution in [0.2, 0.25) is 5.02 Å². The van der Waals surface area contributed by atoms with Gasteiger partial charge < -0.3 is 31.5 Å². The number of aliphatic hydroxyl groups is 1. The van der Waals surface area contributed by atoms with Crippen molar-refractivity contribution in [2.45, 2.75) is 24.5 Å². The minimum Gasteiger partial charge on any atom is -0.482 e. The molecule has 31 heavy (non-hydrogen) atoms. The summed E-state index contributed by atoms with van der Waals surface area (Å²) in [6.07, 6.45) is -0.238. The third kappa shape index (κ3) is 5.63. The largest absolute Gasteiger partial charge is 0.482 e. The lowest BCUT2D eigenvalue weighted by Crippen LogP contribution is -2.55. The number of carbonyl (C=O) groups excluding carboxylic acids is 2. The zero-order valence-electron chi connectivity index (χ0n) is 16.7. The van der Waals surface area contributed by atoms with Crippen molar-refractivity contribution in [2.24, 2.45) is 11.5 Å². The summed E-state index contributed by atoms with van der Waals surface area (Å²) in [6, 6.07) is 9.33. The first-order valence-corrected chi connectivity index (χ1v) is 10.0. The Morgan fingerprint density at radius 3 is 2.48 bits per heavy atom. The van der Waals surface area contributed by atoms with Gasteiger partial charge in [-0.25, -0.2) is 9.18 Å². The van der Waals surface area contributed by atoms with Gasteiger partial charge >= 0.3 is 6.03 Å². The maximum absolute atomic E-state index is 13.1. The van der Waals surface area contributed by atoms with Gasteiger partial charge in [0.15, 0.2) is 6.61 Å². The average Bonchev–Trinajstić information content (AvgIpc) is 2.73. The molecule has 8 nitrogen and oxygen atoms in total. The monoisotopic (exact) mass is 450 g/mol. The second-order valence-electron chi connectivity index (χ2n) is 7.49. The zero-order chi connectivity index (χ0) is 22.6. The van der Waals surface area contributed by atoms with Gasteiger partial charge in [-0.3, -0.25) is 4.79 Å². The molecule has 3 rings (SSSR count). The van der Waals surface area contributed by atoms with Crippen LogP contribution in [0.1, 0.15) is 24.5 Å². The topological polar surface area (TPSA) is 131 Å². The SMILES string of the molecule is NC(=O)Nc1cc(Cl)ccc1OCC(=O)N1CCC(N)(C(O)c2ccc(F)cc2)CC1. The normalized spacial score (nSPS) is 16.5. The van der Waals surface area contributed by atoms with Crippen molar-refractivity contribution in [1.29, 1.82) is 0 Å². The predicted octanol–water partition coefficient (Wildman–Crippen LogP) is 2.40. The number of rotatable bonds is 6. The van der Waals surface area contributed by atoms with Crippen LogP contribution in [0, 0.1) is 5.82 Å². The molecule has 1 aliphatic heterocycles. The van der Waals surface area contributed by atoms with E-state index in [0.29, 0.717) is 36.5 Å². The Morgan fingerprint density at radius 2 is 1.87 bits per heavy atom. The van der Waals surface area contributed by atoms with E-state index in [1.54, 1.807) is 11.0 Å². The van der Waals surface area contributed by atoms with Gasteiger partial charge in [0.1, 0.15) is 11.6 Å². The van der Waals surface area contributed by atoms with Gasteiger partial charge in [0.05, 0.1) is 11.8 Å². The molecule has 2 aromatic rings. The van der Waals surface area contributed by atoms with Crippen LogP contribution in [0.4, 0.5) is 14.9 Å². The van der Waals surface area contributed by atoms with Crippen LogP contribution in [0.25, 0.3) is 0 Å². The van der Waals surface area contributed by atoms with E-state index in [-0.39, 0.29) is 24.0 Å². The first kappa shape index (κ1) is 22.8. The van der Waals surface area contributed by atoms with Crippen molar-refractivity contribution in [2.75, 3.05) is 25.0 Å². The van der Waals surface area contributed by atoms with Crippen molar-refractivity contribution in [1.82, 2.24) is 4.90 Å². The Kier molecular flexibility index (Phi) is 6.99. The third-order valence-corrected chi connectivity index (χ3v) is 5.56. The van der Waals surface area contributed by atoms with Crippen molar-refractivity contribution in [3.05, 3.63) is 58.9 Å². The van der Waals surface area contributed by atoms with E-state index in [9.17, 15) is 19.1 Å². The van der Waals surface area contributed by atoms with Crippen LogP contribution in [0.5, 0.6) is 5.75 Å². The average molecular weight is 451 g/mol. The molecule has 0 aliphatic carbocycles. The number of aliphatic hydroxyl groups excluding tert-OH is 1. The van der Waals surface area contributed by atoms with Crippen LogP contribution in [0.3, 0.4) is 0 Å². The van der Waals surface area contributed by atoms with Crippen molar-refractivity contribution in [3.63, 3.8) is 0 Å². The quantitative estimate of drug-likeness (QED) is 0.536. The van der Waals surface area contributed by atoms with Gasteiger partial charge in [0, 0.05) is 23.7 Å². The van der Waals surface area contributed by atoms with E-state index >= 15 is 0 Å². The van der Waals surface area contributed by atoms with Gasteiger partial charge in [-0.2, -0.15) is 0 Å². The highest BCUT2D eigenvalue weighted by atomic mass is 35.5.